The number of methoxy groups -OCH3 is 2. The number of hydrogen-bond donors (Lipinski definition) is 3. The van der Waals surface area contributed by atoms with Crippen molar-refractivity contribution in [3.05, 3.63) is 59.3 Å². The van der Waals surface area contributed by atoms with E-state index in [1.807, 2.05) is 25.2 Å². The van der Waals surface area contributed by atoms with Gasteiger partial charge in [-0.05, 0) is 75.7 Å². The number of allylic oxidation sites excluding steroid dienone is 2. The topological polar surface area (TPSA) is 170 Å². The first-order valence-electron chi connectivity index (χ1n) is 24.0. The Kier molecular flexibility index (Phi) is 15.1. The minimum Gasteiger partial charge on any atom is -0.462 e. The van der Waals surface area contributed by atoms with Crippen molar-refractivity contribution in [3.63, 3.8) is 0 Å². The van der Waals surface area contributed by atoms with Crippen molar-refractivity contribution in [3.8, 4) is 0 Å². The van der Waals surface area contributed by atoms with Gasteiger partial charge in [-0.15, -0.1) is 0 Å². The molecule has 19 atom stereocenters. The number of rotatable bonds is 7. The van der Waals surface area contributed by atoms with Crippen molar-refractivity contribution < 1.29 is 67.5 Å². The van der Waals surface area contributed by atoms with Crippen molar-refractivity contribution in [2.24, 2.45) is 23.7 Å². The van der Waals surface area contributed by atoms with Crippen LogP contribution in [0.15, 0.2) is 59.3 Å². The van der Waals surface area contributed by atoms with Crippen LogP contribution in [0, 0.1) is 23.7 Å². The molecule has 358 valence electrons. The first kappa shape index (κ1) is 48.2. The molecule has 0 radical (unpaired) electrons. The van der Waals surface area contributed by atoms with E-state index >= 15 is 0 Å². The van der Waals surface area contributed by atoms with Gasteiger partial charge < -0.3 is 62.7 Å². The molecular weight excluding hydrogens is 825 g/mol. The highest BCUT2D eigenvalue weighted by molar-refractivity contribution is 5.78. The second-order valence-corrected chi connectivity index (χ2v) is 20.0. The Morgan fingerprint density at radius 1 is 0.812 bits per heavy atom. The Bertz CT molecular complexity index is 1790. The molecule has 6 aliphatic heterocycles. The molecule has 4 saturated heterocycles. The third kappa shape index (κ3) is 9.82. The molecule has 2 aliphatic carbocycles. The van der Waals surface area contributed by atoms with Gasteiger partial charge >= 0.3 is 5.97 Å². The highest BCUT2D eigenvalue weighted by Gasteiger charge is 2.60. The van der Waals surface area contributed by atoms with Crippen molar-refractivity contribution in [1.29, 1.82) is 0 Å². The van der Waals surface area contributed by atoms with Crippen LogP contribution in [-0.2, 0) is 52.2 Å². The molecule has 14 heteroatoms. The average molecular weight is 899 g/mol. The van der Waals surface area contributed by atoms with Crippen LogP contribution in [0.25, 0.3) is 0 Å². The molecule has 5 fully saturated rings. The molecule has 1 saturated carbocycles. The van der Waals surface area contributed by atoms with Crippen LogP contribution in [-0.4, -0.2) is 139 Å². The average Bonchev–Trinajstić information content (AvgIpc) is 3.62. The normalized spacial score (nSPS) is 49.2. The smallest absolute Gasteiger partial charge is 0.316 e. The fourth-order valence-corrected chi connectivity index (χ4v) is 11.7. The van der Waals surface area contributed by atoms with Gasteiger partial charge in [0.1, 0.15) is 42.0 Å². The maximum atomic E-state index is 14.4. The number of carbonyl (C=O) groups is 1. The lowest BCUT2D eigenvalue weighted by molar-refractivity contribution is -0.318. The maximum absolute atomic E-state index is 14.4. The van der Waals surface area contributed by atoms with Gasteiger partial charge in [-0.25, -0.2) is 0 Å². The van der Waals surface area contributed by atoms with Crippen molar-refractivity contribution >= 4 is 5.97 Å². The zero-order valence-electron chi connectivity index (χ0n) is 39.0. The number of carbonyl (C=O) groups excluding carboxylic acids is 1. The summed E-state index contributed by atoms with van der Waals surface area (Å²) in [6, 6.07) is 0. The third-order valence-electron chi connectivity index (χ3n) is 15.4. The molecule has 8 rings (SSSR count). The van der Waals surface area contributed by atoms with E-state index in [4.69, 9.17) is 47.4 Å². The van der Waals surface area contributed by atoms with E-state index in [1.165, 1.54) is 19.3 Å². The molecule has 8 aliphatic rings. The second kappa shape index (κ2) is 20.1. The van der Waals surface area contributed by atoms with Gasteiger partial charge in [0.15, 0.2) is 18.4 Å². The van der Waals surface area contributed by atoms with Crippen LogP contribution in [0.1, 0.15) is 106 Å². The van der Waals surface area contributed by atoms with Gasteiger partial charge in [-0.1, -0.05) is 69.6 Å². The first-order valence-corrected chi connectivity index (χ1v) is 24.0. The van der Waals surface area contributed by atoms with Gasteiger partial charge in [0, 0.05) is 51.7 Å². The number of esters is 1. The lowest BCUT2D eigenvalue weighted by atomic mass is 9.71. The highest BCUT2D eigenvalue weighted by Crippen LogP contribution is 2.48. The van der Waals surface area contributed by atoms with E-state index in [-0.39, 0.29) is 36.8 Å². The monoisotopic (exact) mass is 899 g/mol. The van der Waals surface area contributed by atoms with E-state index in [0.717, 1.165) is 18.4 Å². The van der Waals surface area contributed by atoms with Gasteiger partial charge in [0.05, 0.1) is 49.3 Å². The van der Waals surface area contributed by atoms with Gasteiger partial charge in [0.25, 0.3) is 0 Å². The Morgan fingerprint density at radius 3 is 2.28 bits per heavy atom. The van der Waals surface area contributed by atoms with Crippen LogP contribution < -0.4 is 0 Å². The summed E-state index contributed by atoms with van der Waals surface area (Å²) in [6.45, 7) is 11.9. The Labute approximate surface area is 379 Å². The van der Waals surface area contributed by atoms with E-state index < -0.39 is 90.8 Å². The predicted octanol–water partition coefficient (Wildman–Crippen LogP) is 5.91. The second-order valence-electron chi connectivity index (χ2n) is 20.0. The van der Waals surface area contributed by atoms with Crippen LogP contribution in [0.4, 0.5) is 0 Å². The van der Waals surface area contributed by atoms with E-state index in [2.05, 4.69) is 32.9 Å². The maximum Gasteiger partial charge on any atom is 0.316 e. The largest absolute Gasteiger partial charge is 0.462 e. The van der Waals surface area contributed by atoms with Gasteiger partial charge in [-0.2, -0.15) is 0 Å². The molecule has 2 bridgehead atoms. The zero-order chi connectivity index (χ0) is 45.5. The summed E-state index contributed by atoms with van der Waals surface area (Å²) in [7, 11) is 3.23. The molecule has 0 aromatic carbocycles. The molecule has 0 aromatic rings. The summed E-state index contributed by atoms with van der Waals surface area (Å²) < 4.78 is 64.1. The van der Waals surface area contributed by atoms with Gasteiger partial charge in [0.2, 0.25) is 0 Å². The van der Waals surface area contributed by atoms with Crippen molar-refractivity contribution in [2.45, 2.75) is 203 Å². The fraction of sp³-hybridized carbons (Fsp3) is 0.780. The summed E-state index contributed by atoms with van der Waals surface area (Å²) in [6.07, 6.45) is 13.8. The quantitative estimate of drug-likeness (QED) is 0.204. The van der Waals surface area contributed by atoms with Crippen LogP contribution in [0.3, 0.4) is 0 Å². The van der Waals surface area contributed by atoms with Crippen LogP contribution in [0.5, 0.6) is 0 Å². The summed E-state index contributed by atoms with van der Waals surface area (Å²) in [5, 5.41) is 34.3. The number of fused-ring (bicyclic) bond motifs is 2. The fourth-order valence-electron chi connectivity index (χ4n) is 11.7. The molecule has 0 amide bonds. The molecule has 3 N–H and O–H groups in total. The standard InChI is InChI=1S/C50H74O14/c1-27-13-12-16-34-26-57-47-42(51)30(4)21-37(50(34,47)54)48(53)60-36-22-35(63-49(25-36)20-19-29(3)45(64-49)33-14-10-9-11-15-33)18-17-28(2)44(27)61-41-24-39(56-8)46(32(6)59-41)62-40-23-38(55-7)43(52)31(5)58-40/h12-13,16-17,19-21,27,29,31-33,35-47,51-52,54H,9-11,14-15,18,22-26H2,1-8H3/b13-12+,28-17+,34-16+/t27-,29-,31-,32-,35+,36-,37-,38-,39-,40-,41-,42+,43-,44-,45-,46+,47+,49+,50+/m0/s1. The highest BCUT2D eigenvalue weighted by atomic mass is 16.7. The third-order valence-corrected chi connectivity index (χ3v) is 15.4. The molecule has 1 spiro atoms. The van der Waals surface area contributed by atoms with E-state index in [0.29, 0.717) is 49.2 Å². The minimum absolute atomic E-state index is 0.0242. The Morgan fingerprint density at radius 2 is 1.53 bits per heavy atom. The molecule has 0 unspecified atom stereocenters. The predicted molar refractivity (Wildman–Crippen MR) is 234 cm³/mol. The Hall–Kier alpha value is -2.31. The lowest BCUT2D eigenvalue weighted by Crippen LogP contribution is -2.58. The molecule has 14 nitrogen and oxygen atoms in total. The zero-order valence-corrected chi connectivity index (χ0v) is 39.0. The summed E-state index contributed by atoms with van der Waals surface area (Å²) in [4.78, 5) is 14.4. The molecule has 6 heterocycles. The van der Waals surface area contributed by atoms with Crippen molar-refractivity contribution in [2.75, 3.05) is 20.8 Å². The number of hydrogen-bond acceptors (Lipinski definition) is 14. The van der Waals surface area contributed by atoms with E-state index in [1.54, 1.807) is 40.2 Å². The van der Waals surface area contributed by atoms with Crippen molar-refractivity contribution in [1.82, 2.24) is 0 Å². The van der Waals surface area contributed by atoms with Crippen LogP contribution >= 0.6 is 0 Å². The SMILES string of the molecule is CO[C@H]1C[C@H](O[C@@H]2[C@H](C)O[C@@H](O[C@@H]3/C(C)=C/C[C@@H]4C[C@@H](C[C@]5(C=C[C@H](C)[C@@H](C6CCCCC6)O5)O4)OC(=O)[C@@H]4C=C(C)[C@@H](O)[C@H]5OC/C(=C\C=C\[C@@H]3C)[C@]54O)C[C@@H]2OC)O[C@@H](C)[C@@H]1O. The molecule has 0 aromatic heterocycles. The van der Waals surface area contributed by atoms with Gasteiger partial charge in [-0.3, -0.25) is 4.79 Å². The summed E-state index contributed by atoms with van der Waals surface area (Å²) in [5.41, 5.74) is 0.166. The first-order chi connectivity index (χ1) is 30.6. The lowest BCUT2D eigenvalue weighted by Gasteiger charge is -2.49. The Balaban J connectivity index is 1.08. The summed E-state index contributed by atoms with van der Waals surface area (Å²) in [5.74, 6) is -2.32. The summed E-state index contributed by atoms with van der Waals surface area (Å²) >= 11 is 0. The molecule has 64 heavy (non-hydrogen) atoms. The van der Waals surface area contributed by atoms with E-state index in [9.17, 15) is 20.1 Å². The number of aliphatic hydroxyl groups is 3. The molecular formula is C50H74O14. The number of ether oxygens (including phenoxy) is 10. The minimum atomic E-state index is -1.83. The van der Waals surface area contributed by atoms with Crippen LogP contribution in [0.2, 0.25) is 0 Å². The number of aliphatic hydroxyl groups excluding tert-OH is 2.